The first-order valence-corrected chi connectivity index (χ1v) is 2.86. The lowest BCUT2D eigenvalue weighted by atomic mass is 10.2. The van der Waals surface area contributed by atoms with Crippen LogP contribution < -0.4 is 5.73 Å². The molecule has 50 valence electrons. The minimum atomic E-state index is -0.303. The third kappa shape index (κ3) is 1.19. The van der Waals surface area contributed by atoms with E-state index < -0.39 is 0 Å². The van der Waals surface area contributed by atoms with Gasteiger partial charge in [0.25, 0.3) is 0 Å². The summed E-state index contributed by atoms with van der Waals surface area (Å²) in [5.41, 5.74) is 6.93. The summed E-state index contributed by atoms with van der Waals surface area (Å²) in [5, 5.41) is 0. The molecule has 0 aliphatic heterocycles. The fourth-order valence-electron chi connectivity index (χ4n) is 0.830. The van der Waals surface area contributed by atoms with Gasteiger partial charge in [0.05, 0.1) is 0 Å². The Labute approximate surface area is 55.5 Å². The number of primary amides is 1. The van der Waals surface area contributed by atoms with Gasteiger partial charge in [-0.3, -0.25) is 4.79 Å². The average molecular weight is 125 g/mol. The lowest BCUT2D eigenvalue weighted by Crippen LogP contribution is -2.12. The summed E-state index contributed by atoms with van der Waals surface area (Å²) in [4.78, 5) is 10.5. The van der Waals surface area contributed by atoms with Gasteiger partial charge in [-0.15, -0.1) is 0 Å². The number of nitrogens with two attached hydrogens (primary N) is 1. The van der Waals surface area contributed by atoms with Crippen LogP contribution in [0.25, 0.3) is 0 Å². The summed E-state index contributed by atoms with van der Waals surface area (Å²) in [7, 11) is 0. The zero-order valence-corrected chi connectivity index (χ0v) is 5.35. The molecule has 0 unspecified atom stereocenters. The highest BCUT2D eigenvalue weighted by atomic mass is 16.1. The van der Waals surface area contributed by atoms with Crippen molar-refractivity contribution in [3.8, 4) is 0 Å². The van der Waals surface area contributed by atoms with Crippen molar-refractivity contribution in [2.45, 2.75) is 13.3 Å². The Morgan fingerprint density at radius 3 is 2.67 bits per heavy atom. The SMILES string of the molecule is CC1=CC=C(C(N)=O)C1.[HH]. The molecule has 1 aliphatic rings. The predicted octanol–water partition coefficient (Wildman–Crippen LogP) is 0.994. The number of rotatable bonds is 1. The molecule has 2 nitrogen and oxygen atoms in total. The van der Waals surface area contributed by atoms with E-state index in [0.29, 0.717) is 5.57 Å². The average Bonchev–Trinajstić information content (AvgIpc) is 2.14. The first kappa shape index (κ1) is 6.08. The maximum Gasteiger partial charge on any atom is 0.244 e. The number of amides is 1. The van der Waals surface area contributed by atoms with Crippen LogP contribution in [0.4, 0.5) is 0 Å². The van der Waals surface area contributed by atoms with E-state index in [1.807, 2.05) is 13.0 Å². The summed E-state index contributed by atoms with van der Waals surface area (Å²) < 4.78 is 0. The quantitative estimate of drug-likeness (QED) is 0.558. The van der Waals surface area contributed by atoms with Crippen LogP contribution in [0, 0.1) is 0 Å². The zero-order chi connectivity index (χ0) is 6.85. The van der Waals surface area contributed by atoms with Gasteiger partial charge in [0.2, 0.25) is 5.91 Å². The highest BCUT2D eigenvalue weighted by molar-refractivity contribution is 5.93. The third-order valence-corrected chi connectivity index (χ3v) is 1.35. The molecule has 2 N–H and O–H groups in total. The van der Waals surface area contributed by atoms with Gasteiger partial charge in [0.15, 0.2) is 0 Å². The summed E-state index contributed by atoms with van der Waals surface area (Å²) in [5.74, 6) is -0.303. The van der Waals surface area contributed by atoms with Crippen LogP contribution in [0.3, 0.4) is 0 Å². The molecule has 1 rings (SSSR count). The largest absolute Gasteiger partial charge is 0.366 e. The Morgan fingerprint density at radius 2 is 2.44 bits per heavy atom. The van der Waals surface area contributed by atoms with E-state index in [9.17, 15) is 4.79 Å². The molecule has 0 heterocycles. The van der Waals surface area contributed by atoms with E-state index in [2.05, 4.69) is 0 Å². The van der Waals surface area contributed by atoms with E-state index in [-0.39, 0.29) is 7.33 Å². The monoisotopic (exact) mass is 125 g/mol. The second kappa shape index (κ2) is 2.05. The van der Waals surface area contributed by atoms with E-state index in [0.717, 1.165) is 6.42 Å². The molecule has 9 heavy (non-hydrogen) atoms. The number of carbonyl (C=O) groups is 1. The van der Waals surface area contributed by atoms with E-state index >= 15 is 0 Å². The van der Waals surface area contributed by atoms with Crippen LogP contribution in [-0.2, 0) is 4.79 Å². The number of hydrogen-bond donors (Lipinski definition) is 1. The van der Waals surface area contributed by atoms with Gasteiger partial charge >= 0.3 is 0 Å². The summed E-state index contributed by atoms with van der Waals surface area (Å²) >= 11 is 0. The first-order valence-electron chi connectivity index (χ1n) is 2.86. The van der Waals surface area contributed by atoms with Gasteiger partial charge in [-0.05, 0) is 13.3 Å². The van der Waals surface area contributed by atoms with Crippen molar-refractivity contribution in [2.24, 2.45) is 5.73 Å². The van der Waals surface area contributed by atoms with Crippen molar-refractivity contribution >= 4 is 5.91 Å². The van der Waals surface area contributed by atoms with Crippen molar-refractivity contribution in [1.29, 1.82) is 0 Å². The van der Waals surface area contributed by atoms with Gasteiger partial charge in [0.1, 0.15) is 0 Å². The smallest absolute Gasteiger partial charge is 0.244 e. The molecule has 0 bridgehead atoms. The minimum Gasteiger partial charge on any atom is -0.366 e. The molecule has 0 saturated heterocycles. The standard InChI is InChI=1S/C7H9NO.H2/c1-5-2-3-6(4-5)7(8)9;/h2-3H,4H2,1H3,(H2,8,9);1H. The van der Waals surface area contributed by atoms with Crippen LogP contribution in [0.1, 0.15) is 14.8 Å². The lowest BCUT2D eigenvalue weighted by Gasteiger charge is -1.92. The minimum absolute atomic E-state index is 0. The Bertz CT molecular complexity index is 206. The van der Waals surface area contributed by atoms with Gasteiger partial charge in [-0.2, -0.15) is 0 Å². The zero-order valence-electron chi connectivity index (χ0n) is 5.35. The Kier molecular flexibility index (Phi) is 1.39. The molecule has 2 heteroatoms. The molecule has 0 aromatic rings. The molecule has 1 aliphatic carbocycles. The molecule has 0 saturated carbocycles. The highest BCUT2D eigenvalue weighted by Crippen LogP contribution is 2.16. The molecule has 0 spiro atoms. The lowest BCUT2D eigenvalue weighted by molar-refractivity contribution is -0.114. The second-order valence-electron chi connectivity index (χ2n) is 2.25. The number of allylic oxidation sites excluding steroid dienone is 3. The summed E-state index contributed by atoms with van der Waals surface area (Å²) in [6.07, 6.45) is 4.42. The third-order valence-electron chi connectivity index (χ3n) is 1.35. The van der Waals surface area contributed by atoms with Crippen molar-refractivity contribution in [2.75, 3.05) is 0 Å². The van der Waals surface area contributed by atoms with Crippen molar-refractivity contribution in [1.82, 2.24) is 0 Å². The van der Waals surface area contributed by atoms with Crippen LogP contribution in [-0.4, -0.2) is 5.91 Å². The van der Waals surface area contributed by atoms with Crippen LogP contribution in [0.5, 0.6) is 0 Å². The molecular formula is C7H11NO. The molecule has 0 aromatic heterocycles. The van der Waals surface area contributed by atoms with Crippen LogP contribution in [0.2, 0.25) is 0 Å². The normalized spacial score (nSPS) is 17.0. The molecule has 0 radical (unpaired) electrons. The summed E-state index contributed by atoms with van der Waals surface area (Å²) in [6.45, 7) is 1.98. The van der Waals surface area contributed by atoms with Crippen molar-refractivity contribution in [3.05, 3.63) is 23.3 Å². The van der Waals surface area contributed by atoms with E-state index in [4.69, 9.17) is 5.73 Å². The molecule has 0 fully saturated rings. The van der Waals surface area contributed by atoms with Gasteiger partial charge < -0.3 is 5.73 Å². The topological polar surface area (TPSA) is 43.1 Å². The van der Waals surface area contributed by atoms with Crippen molar-refractivity contribution < 1.29 is 6.22 Å². The second-order valence-corrected chi connectivity index (χ2v) is 2.25. The van der Waals surface area contributed by atoms with Crippen LogP contribution in [0.15, 0.2) is 23.3 Å². The maximum atomic E-state index is 10.5. The molecule has 1 amide bonds. The molecular weight excluding hydrogens is 114 g/mol. The van der Waals surface area contributed by atoms with Crippen LogP contribution >= 0.6 is 0 Å². The fraction of sp³-hybridized carbons (Fsp3) is 0.286. The molecule has 0 atom stereocenters. The predicted molar refractivity (Wildman–Crippen MR) is 37.8 cm³/mol. The van der Waals surface area contributed by atoms with Crippen molar-refractivity contribution in [3.63, 3.8) is 0 Å². The fourth-order valence-corrected chi connectivity index (χ4v) is 0.830. The first-order chi connectivity index (χ1) is 4.20. The van der Waals surface area contributed by atoms with Gasteiger partial charge in [0, 0.05) is 7.00 Å². The Balaban J connectivity index is 0.000000810. The Hall–Kier alpha value is -1.05. The van der Waals surface area contributed by atoms with Gasteiger partial charge in [-0.1, -0.05) is 17.7 Å². The number of hydrogen-bond acceptors (Lipinski definition) is 1. The summed E-state index contributed by atoms with van der Waals surface area (Å²) in [6, 6.07) is 0. The van der Waals surface area contributed by atoms with E-state index in [1.165, 1.54) is 5.57 Å². The number of carbonyl (C=O) groups excluding carboxylic acids is 1. The van der Waals surface area contributed by atoms with E-state index in [1.54, 1.807) is 6.08 Å². The highest BCUT2D eigenvalue weighted by Gasteiger charge is 2.08. The maximum absolute atomic E-state index is 10.5. The molecule has 0 aromatic carbocycles. The Morgan fingerprint density at radius 1 is 1.78 bits per heavy atom. The van der Waals surface area contributed by atoms with Gasteiger partial charge in [-0.25, -0.2) is 0 Å².